The molecule has 3 aromatic rings. The molecule has 1 atom stereocenters. The van der Waals surface area contributed by atoms with E-state index < -0.39 is 22.5 Å². The molecule has 0 saturated carbocycles. The summed E-state index contributed by atoms with van der Waals surface area (Å²) in [5.41, 5.74) is 1.11. The lowest BCUT2D eigenvalue weighted by molar-refractivity contribution is -0.0646. The number of ether oxygens (including phenoxy) is 1. The molecule has 0 bridgehead atoms. The minimum absolute atomic E-state index is 0.0290. The minimum atomic E-state index is -3.52. The molecule has 2 aliphatic heterocycles. The average Bonchev–Trinajstić information content (AvgIpc) is 3.31. The number of alkyl halides is 2. The second-order valence-corrected chi connectivity index (χ2v) is 9.26. The third-order valence-corrected chi connectivity index (χ3v) is 6.87. The Morgan fingerprint density at radius 1 is 1.12 bits per heavy atom. The first-order chi connectivity index (χ1) is 16.4. The molecule has 0 spiro atoms. The first-order valence-corrected chi connectivity index (χ1v) is 12.0. The third-order valence-electron chi connectivity index (χ3n) is 5.31. The van der Waals surface area contributed by atoms with Crippen molar-refractivity contribution in [2.24, 2.45) is 5.92 Å². The summed E-state index contributed by atoms with van der Waals surface area (Å²) in [6.07, 6.45) is 0.282. The van der Waals surface area contributed by atoms with Gasteiger partial charge < -0.3 is 14.5 Å². The Hall–Kier alpha value is -3.00. The number of nitrogens with one attached hydrogen (secondary N) is 2. The number of halogens is 2. The number of rotatable bonds is 6. The molecule has 34 heavy (non-hydrogen) atoms. The Labute approximate surface area is 195 Å². The molecule has 13 heteroatoms. The van der Waals surface area contributed by atoms with Crippen LogP contribution < -0.4 is 10.0 Å². The van der Waals surface area contributed by atoms with Crippen molar-refractivity contribution in [3.8, 4) is 11.5 Å². The van der Waals surface area contributed by atoms with Gasteiger partial charge in [0.15, 0.2) is 0 Å². The average molecular weight is 495 g/mol. The Bertz CT molecular complexity index is 1150. The number of aromatic nitrogens is 3. The van der Waals surface area contributed by atoms with Gasteiger partial charge in [-0.2, -0.15) is 21.5 Å². The molecule has 2 N–H and O–H groups in total. The van der Waals surface area contributed by atoms with Crippen molar-refractivity contribution < 1.29 is 26.4 Å². The van der Waals surface area contributed by atoms with E-state index in [9.17, 15) is 17.2 Å². The van der Waals surface area contributed by atoms with Crippen molar-refractivity contribution in [3.05, 3.63) is 60.7 Å². The summed E-state index contributed by atoms with van der Waals surface area (Å²) in [5.74, 6) is -0.340. The molecule has 182 valence electrons. The van der Waals surface area contributed by atoms with E-state index in [2.05, 4.69) is 25.2 Å². The molecule has 10 nitrogen and oxygen atoms in total. The van der Waals surface area contributed by atoms with Crippen molar-refractivity contribution in [2.45, 2.75) is 12.5 Å². The summed E-state index contributed by atoms with van der Waals surface area (Å²) in [6.45, 7) is 3.14. The summed E-state index contributed by atoms with van der Waals surface area (Å²) >= 11 is 0. The van der Waals surface area contributed by atoms with Gasteiger partial charge in [-0.05, 0) is 24.3 Å². The maximum Gasteiger partial charge on any atom is 0.314 e. The van der Waals surface area contributed by atoms with Gasteiger partial charge in [0.25, 0.3) is 5.89 Å². The molecular formula is C21H24F2N6O4S. The summed E-state index contributed by atoms with van der Waals surface area (Å²) in [6, 6.07) is 12.3. The van der Waals surface area contributed by atoms with Gasteiger partial charge >= 0.3 is 16.6 Å². The molecular weight excluding hydrogens is 470 g/mol. The van der Waals surface area contributed by atoms with Gasteiger partial charge in [-0.15, -0.1) is 10.2 Å². The number of anilines is 1. The van der Waals surface area contributed by atoms with Gasteiger partial charge in [0.2, 0.25) is 5.89 Å². The number of benzene rings is 1. The van der Waals surface area contributed by atoms with Crippen LogP contribution in [0.4, 0.5) is 14.5 Å². The quantitative estimate of drug-likeness (QED) is 0.536. The van der Waals surface area contributed by atoms with Crippen LogP contribution in [0.3, 0.4) is 0 Å². The van der Waals surface area contributed by atoms with Crippen LogP contribution in [0.15, 0.2) is 59.3 Å². The van der Waals surface area contributed by atoms with E-state index >= 15 is 0 Å². The molecule has 2 fully saturated rings. The second kappa shape index (κ2) is 11.0. The summed E-state index contributed by atoms with van der Waals surface area (Å²) in [5, 5.41) is 9.93. The number of para-hydroxylation sites is 1. The molecule has 5 rings (SSSR count). The van der Waals surface area contributed by atoms with Crippen LogP contribution in [0.1, 0.15) is 12.3 Å². The number of hydrogen-bond acceptors (Lipinski definition) is 8. The van der Waals surface area contributed by atoms with Crippen molar-refractivity contribution in [2.75, 3.05) is 37.6 Å². The van der Waals surface area contributed by atoms with E-state index in [1.807, 2.05) is 18.2 Å². The topological polar surface area (TPSA) is 122 Å². The van der Waals surface area contributed by atoms with E-state index in [0.717, 1.165) is 0 Å². The lowest BCUT2D eigenvalue weighted by atomic mass is 9.97. The van der Waals surface area contributed by atoms with Gasteiger partial charge in [-0.25, -0.2) is 0 Å². The van der Waals surface area contributed by atoms with Crippen molar-refractivity contribution in [1.82, 2.24) is 24.8 Å². The van der Waals surface area contributed by atoms with E-state index in [1.165, 1.54) is 6.20 Å². The molecule has 0 aliphatic carbocycles. The summed E-state index contributed by atoms with van der Waals surface area (Å²) in [4.78, 5) is 3.80. The highest BCUT2D eigenvalue weighted by Crippen LogP contribution is 2.25. The zero-order chi connectivity index (χ0) is 24.0. The predicted molar refractivity (Wildman–Crippen MR) is 119 cm³/mol. The van der Waals surface area contributed by atoms with Crippen LogP contribution in [-0.2, 0) is 14.9 Å². The zero-order valence-corrected chi connectivity index (χ0v) is 18.9. The van der Waals surface area contributed by atoms with E-state index in [-0.39, 0.29) is 17.9 Å². The number of pyridine rings is 1. The van der Waals surface area contributed by atoms with Crippen LogP contribution in [0.2, 0.25) is 0 Å². The largest absolute Gasteiger partial charge is 0.415 e. The highest BCUT2D eigenvalue weighted by Gasteiger charge is 2.40. The highest BCUT2D eigenvalue weighted by atomic mass is 32.2. The lowest BCUT2D eigenvalue weighted by Crippen LogP contribution is -2.60. The van der Waals surface area contributed by atoms with Gasteiger partial charge in [-0.3, -0.25) is 9.71 Å². The third kappa shape index (κ3) is 5.91. The van der Waals surface area contributed by atoms with Crippen LogP contribution >= 0.6 is 0 Å². The Morgan fingerprint density at radius 3 is 2.53 bits per heavy atom. The van der Waals surface area contributed by atoms with Crippen molar-refractivity contribution in [3.63, 3.8) is 0 Å². The molecule has 2 aromatic heterocycles. The lowest BCUT2D eigenvalue weighted by Gasteiger charge is -2.42. The van der Waals surface area contributed by atoms with Crippen LogP contribution in [0.25, 0.3) is 11.5 Å². The maximum atomic E-state index is 12.6. The predicted octanol–water partition coefficient (Wildman–Crippen LogP) is 2.33. The number of piperazine rings is 1. The monoisotopic (exact) mass is 494 g/mol. The van der Waals surface area contributed by atoms with Gasteiger partial charge in [0.1, 0.15) is 0 Å². The SMILES string of the molecule is FC(F)c1nnc(-c2cccnc2)o1.O=S(=O)(Nc1ccccc1)N1CCNCC1C1COC1. The van der Waals surface area contributed by atoms with Gasteiger partial charge in [0.05, 0.1) is 18.8 Å². The van der Waals surface area contributed by atoms with E-state index in [4.69, 9.17) is 9.15 Å². The molecule has 4 heterocycles. The van der Waals surface area contributed by atoms with Gasteiger partial charge in [-0.1, -0.05) is 18.2 Å². The maximum absolute atomic E-state index is 12.6. The number of nitrogens with zero attached hydrogens (tertiary/aromatic N) is 4. The minimum Gasteiger partial charge on any atom is -0.415 e. The van der Waals surface area contributed by atoms with Gasteiger partial charge in [0, 0.05) is 49.7 Å². The fourth-order valence-electron chi connectivity index (χ4n) is 3.53. The molecule has 2 aliphatic rings. The second-order valence-electron chi connectivity index (χ2n) is 7.64. The Kier molecular flexibility index (Phi) is 7.77. The van der Waals surface area contributed by atoms with Crippen LogP contribution in [0, 0.1) is 5.92 Å². The molecule has 1 aromatic carbocycles. The molecule has 1 unspecified atom stereocenters. The van der Waals surface area contributed by atoms with Crippen molar-refractivity contribution >= 4 is 15.9 Å². The number of hydrogen-bond donors (Lipinski definition) is 2. The molecule has 0 amide bonds. The Morgan fingerprint density at radius 2 is 1.91 bits per heavy atom. The van der Waals surface area contributed by atoms with E-state index in [0.29, 0.717) is 44.1 Å². The summed E-state index contributed by atoms with van der Waals surface area (Å²) < 4.78 is 63.4. The highest BCUT2D eigenvalue weighted by molar-refractivity contribution is 7.90. The Balaban J connectivity index is 0.000000172. The van der Waals surface area contributed by atoms with Crippen molar-refractivity contribution in [1.29, 1.82) is 0 Å². The molecule has 2 saturated heterocycles. The standard InChI is InChI=1S/C13H19N3O3S.C8H5F2N3O/c17-20(18,15-12-4-2-1-3-5-12)16-7-6-14-8-13(16)11-9-19-10-11;9-6(10)8-13-12-7(14-8)5-2-1-3-11-4-5/h1-5,11,13-15H,6-10H2;1-4,6H. The fraction of sp³-hybridized carbons (Fsp3) is 0.381. The first-order valence-electron chi connectivity index (χ1n) is 10.6. The smallest absolute Gasteiger partial charge is 0.314 e. The van der Waals surface area contributed by atoms with Crippen LogP contribution in [0.5, 0.6) is 0 Å². The zero-order valence-electron chi connectivity index (χ0n) is 18.0. The normalized spacial score (nSPS) is 19.2. The fourth-order valence-corrected chi connectivity index (χ4v) is 5.01. The summed E-state index contributed by atoms with van der Waals surface area (Å²) in [7, 11) is -3.52. The first kappa shape index (κ1) is 24.1. The molecule has 0 radical (unpaired) electrons. The van der Waals surface area contributed by atoms with E-state index in [1.54, 1.807) is 34.8 Å². The van der Waals surface area contributed by atoms with Crippen LogP contribution in [-0.4, -0.2) is 66.8 Å².